The molecule has 0 aromatic heterocycles. The highest BCUT2D eigenvalue weighted by Gasteiger charge is 2.33. The Bertz CT molecular complexity index is 594. The lowest BCUT2D eigenvalue weighted by Crippen LogP contribution is -2.28. The van der Waals surface area contributed by atoms with Gasteiger partial charge in [-0.05, 0) is 74.8 Å². The summed E-state index contributed by atoms with van der Waals surface area (Å²) in [4.78, 5) is 12.9. The smallest absolute Gasteiger partial charge is 0.167 e. The van der Waals surface area contributed by atoms with Gasteiger partial charge in [0.05, 0.1) is 10.0 Å². The van der Waals surface area contributed by atoms with E-state index in [0.717, 1.165) is 36.2 Å². The zero-order valence-electron chi connectivity index (χ0n) is 14.8. The molecular formula is C21H28Cl2O. The SMILES string of the molecule is Cc1ccc(C(=O)C2CCC(C3CCC(C)CC3)CC2)c(Cl)c1Cl. The molecule has 24 heavy (non-hydrogen) atoms. The maximum absolute atomic E-state index is 12.9. The molecule has 0 amide bonds. The number of aryl methyl sites for hydroxylation is 1. The number of carbonyl (C=O) groups excluding carboxylic acids is 1. The zero-order valence-corrected chi connectivity index (χ0v) is 16.3. The van der Waals surface area contributed by atoms with Gasteiger partial charge in [-0.1, -0.05) is 49.0 Å². The first-order valence-electron chi connectivity index (χ1n) is 9.46. The van der Waals surface area contributed by atoms with E-state index in [1.54, 1.807) is 0 Å². The van der Waals surface area contributed by atoms with Gasteiger partial charge in [0.25, 0.3) is 0 Å². The van der Waals surface area contributed by atoms with Crippen LogP contribution >= 0.6 is 23.2 Å². The first kappa shape index (κ1) is 18.3. The van der Waals surface area contributed by atoms with Crippen LogP contribution in [0.2, 0.25) is 10.0 Å². The van der Waals surface area contributed by atoms with Gasteiger partial charge >= 0.3 is 0 Å². The lowest BCUT2D eigenvalue weighted by Gasteiger charge is -2.37. The van der Waals surface area contributed by atoms with E-state index in [4.69, 9.17) is 23.2 Å². The molecule has 0 spiro atoms. The Morgan fingerprint density at radius 2 is 1.42 bits per heavy atom. The van der Waals surface area contributed by atoms with Crippen molar-refractivity contribution in [3.05, 3.63) is 33.3 Å². The Balaban J connectivity index is 1.60. The number of hydrogen-bond donors (Lipinski definition) is 0. The molecule has 0 atom stereocenters. The van der Waals surface area contributed by atoms with Gasteiger partial charge < -0.3 is 0 Å². The van der Waals surface area contributed by atoms with E-state index in [-0.39, 0.29) is 11.7 Å². The highest BCUT2D eigenvalue weighted by atomic mass is 35.5. The molecule has 0 bridgehead atoms. The summed E-state index contributed by atoms with van der Waals surface area (Å²) in [7, 11) is 0. The van der Waals surface area contributed by atoms with Crippen molar-refractivity contribution in [1.82, 2.24) is 0 Å². The number of Topliss-reactive ketones (excluding diaryl/α,β-unsaturated/α-hetero) is 1. The van der Waals surface area contributed by atoms with E-state index in [1.165, 1.54) is 38.5 Å². The van der Waals surface area contributed by atoms with Crippen molar-refractivity contribution in [1.29, 1.82) is 0 Å². The number of rotatable bonds is 3. The Morgan fingerprint density at radius 3 is 2.00 bits per heavy atom. The number of carbonyl (C=O) groups is 1. The summed E-state index contributed by atoms with van der Waals surface area (Å²) < 4.78 is 0. The minimum absolute atomic E-state index is 0.125. The standard InChI is InChI=1S/C21H28Cl2O/c1-13-3-6-15(7-4-13)16-8-10-17(11-9-16)21(24)18-12-5-14(2)19(22)20(18)23/h5,12-13,15-17H,3-4,6-11H2,1-2H3. The van der Waals surface area contributed by atoms with Crippen LogP contribution in [0.15, 0.2) is 12.1 Å². The van der Waals surface area contributed by atoms with Crippen LogP contribution in [-0.4, -0.2) is 5.78 Å². The van der Waals surface area contributed by atoms with Crippen molar-refractivity contribution >= 4 is 29.0 Å². The molecule has 2 saturated carbocycles. The molecule has 0 aliphatic heterocycles. The Hall–Kier alpha value is -0.530. The third-order valence-corrected chi connectivity index (χ3v) is 7.39. The van der Waals surface area contributed by atoms with Crippen molar-refractivity contribution in [2.24, 2.45) is 23.7 Å². The fourth-order valence-corrected chi connectivity index (χ4v) is 5.14. The summed E-state index contributed by atoms with van der Waals surface area (Å²) in [6.07, 6.45) is 9.99. The highest BCUT2D eigenvalue weighted by Crippen LogP contribution is 2.42. The second-order valence-electron chi connectivity index (χ2n) is 8.05. The summed E-state index contributed by atoms with van der Waals surface area (Å²) in [5.74, 6) is 2.96. The van der Waals surface area contributed by atoms with Crippen LogP contribution in [0.5, 0.6) is 0 Å². The molecule has 132 valence electrons. The second kappa shape index (κ2) is 7.79. The molecule has 1 nitrogen and oxygen atoms in total. The minimum atomic E-state index is 0.125. The van der Waals surface area contributed by atoms with E-state index >= 15 is 0 Å². The first-order chi connectivity index (χ1) is 11.5. The molecule has 0 unspecified atom stereocenters. The predicted octanol–water partition coefficient (Wildman–Crippen LogP) is 7.12. The molecule has 1 aromatic carbocycles. The summed E-state index contributed by atoms with van der Waals surface area (Å²) in [6.45, 7) is 4.29. The van der Waals surface area contributed by atoms with Crippen LogP contribution in [-0.2, 0) is 0 Å². The quantitative estimate of drug-likeness (QED) is 0.520. The molecule has 0 radical (unpaired) electrons. The largest absolute Gasteiger partial charge is 0.294 e. The van der Waals surface area contributed by atoms with Crippen molar-refractivity contribution < 1.29 is 4.79 Å². The topological polar surface area (TPSA) is 17.1 Å². The normalized spacial score (nSPS) is 31.0. The van der Waals surface area contributed by atoms with Gasteiger partial charge in [0.15, 0.2) is 5.78 Å². The van der Waals surface area contributed by atoms with Crippen molar-refractivity contribution in [2.45, 2.75) is 65.2 Å². The van der Waals surface area contributed by atoms with E-state index in [1.807, 2.05) is 19.1 Å². The van der Waals surface area contributed by atoms with Crippen LogP contribution in [0, 0.1) is 30.6 Å². The molecule has 3 rings (SSSR count). The third-order valence-electron chi connectivity index (χ3n) is 6.41. The zero-order chi connectivity index (χ0) is 17.3. The van der Waals surface area contributed by atoms with Gasteiger partial charge in [-0.2, -0.15) is 0 Å². The monoisotopic (exact) mass is 366 g/mol. The minimum Gasteiger partial charge on any atom is -0.294 e. The van der Waals surface area contributed by atoms with Gasteiger partial charge in [-0.3, -0.25) is 4.79 Å². The number of ketones is 1. The number of benzene rings is 1. The molecule has 0 N–H and O–H groups in total. The van der Waals surface area contributed by atoms with Crippen LogP contribution in [0.3, 0.4) is 0 Å². The molecule has 1 aromatic rings. The molecule has 0 heterocycles. The first-order valence-corrected chi connectivity index (χ1v) is 10.2. The lowest BCUT2D eigenvalue weighted by molar-refractivity contribution is 0.0832. The van der Waals surface area contributed by atoms with Crippen molar-refractivity contribution in [3.8, 4) is 0 Å². The molecular weight excluding hydrogens is 339 g/mol. The van der Waals surface area contributed by atoms with Crippen LogP contribution in [0.4, 0.5) is 0 Å². The summed E-state index contributed by atoms with van der Waals surface area (Å²) in [6, 6.07) is 3.75. The molecule has 2 aliphatic carbocycles. The molecule has 3 heteroatoms. The lowest BCUT2D eigenvalue weighted by atomic mass is 9.68. The Kier molecular flexibility index (Phi) is 5.93. The predicted molar refractivity (Wildman–Crippen MR) is 102 cm³/mol. The fraction of sp³-hybridized carbons (Fsp3) is 0.667. The van der Waals surface area contributed by atoms with E-state index in [0.29, 0.717) is 15.6 Å². The van der Waals surface area contributed by atoms with Crippen molar-refractivity contribution in [2.75, 3.05) is 0 Å². The summed E-state index contributed by atoms with van der Waals surface area (Å²) in [5.41, 5.74) is 1.54. The third kappa shape index (κ3) is 3.83. The van der Waals surface area contributed by atoms with Gasteiger partial charge in [0.2, 0.25) is 0 Å². The molecule has 2 fully saturated rings. The maximum atomic E-state index is 12.9. The fourth-order valence-electron chi connectivity index (χ4n) is 4.67. The van der Waals surface area contributed by atoms with E-state index in [2.05, 4.69) is 6.92 Å². The van der Waals surface area contributed by atoms with Gasteiger partial charge in [-0.25, -0.2) is 0 Å². The van der Waals surface area contributed by atoms with E-state index in [9.17, 15) is 4.79 Å². The van der Waals surface area contributed by atoms with Gasteiger partial charge in [0, 0.05) is 11.5 Å². The maximum Gasteiger partial charge on any atom is 0.167 e. The van der Waals surface area contributed by atoms with E-state index < -0.39 is 0 Å². The van der Waals surface area contributed by atoms with Crippen molar-refractivity contribution in [3.63, 3.8) is 0 Å². The average molecular weight is 367 g/mol. The van der Waals surface area contributed by atoms with Crippen LogP contribution < -0.4 is 0 Å². The van der Waals surface area contributed by atoms with Gasteiger partial charge in [0.1, 0.15) is 0 Å². The summed E-state index contributed by atoms with van der Waals surface area (Å²) in [5, 5.41) is 0.956. The Morgan fingerprint density at radius 1 is 0.875 bits per heavy atom. The van der Waals surface area contributed by atoms with Crippen LogP contribution in [0.25, 0.3) is 0 Å². The average Bonchev–Trinajstić information content (AvgIpc) is 2.60. The Labute approximate surface area is 156 Å². The second-order valence-corrected chi connectivity index (χ2v) is 8.81. The van der Waals surface area contributed by atoms with Crippen LogP contribution in [0.1, 0.15) is 74.2 Å². The number of hydrogen-bond acceptors (Lipinski definition) is 1. The summed E-state index contributed by atoms with van der Waals surface area (Å²) >= 11 is 12.5. The molecule has 0 saturated heterocycles. The number of halogens is 2. The highest BCUT2D eigenvalue weighted by molar-refractivity contribution is 6.44. The molecule has 2 aliphatic rings. The van der Waals surface area contributed by atoms with Gasteiger partial charge in [-0.15, -0.1) is 0 Å².